The van der Waals surface area contributed by atoms with Gasteiger partial charge in [0.05, 0.1) is 26.0 Å². The molecule has 1 aromatic carbocycles. The molecule has 1 aliphatic rings. The van der Waals surface area contributed by atoms with Crippen molar-refractivity contribution in [2.45, 2.75) is 17.4 Å². The van der Waals surface area contributed by atoms with Gasteiger partial charge in [-0.1, -0.05) is 12.1 Å². The maximum absolute atomic E-state index is 12.9. The van der Waals surface area contributed by atoms with Crippen molar-refractivity contribution in [3.8, 4) is 11.6 Å². The van der Waals surface area contributed by atoms with Crippen molar-refractivity contribution < 1.29 is 17.9 Å². The molecule has 2 aromatic rings. The van der Waals surface area contributed by atoms with Crippen LogP contribution in [-0.2, 0) is 10.0 Å². The van der Waals surface area contributed by atoms with Gasteiger partial charge in [-0.3, -0.25) is 4.98 Å². The van der Waals surface area contributed by atoms with Gasteiger partial charge in [0.2, 0.25) is 15.9 Å². The van der Waals surface area contributed by atoms with Crippen LogP contribution >= 0.6 is 0 Å². The first kappa shape index (κ1) is 18.4. The van der Waals surface area contributed by atoms with E-state index >= 15 is 0 Å². The Morgan fingerprint density at radius 2 is 2.00 bits per heavy atom. The Kier molecular flexibility index (Phi) is 5.28. The molecule has 0 amide bonds. The first-order chi connectivity index (χ1) is 12.4. The van der Waals surface area contributed by atoms with Gasteiger partial charge < -0.3 is 14.4 Å². The molecule has 0 N–H and O–H groups in total. The fraction of sp³-hybridized carbons (Fsp3) is 0.412. The van der Waals surface area contributed by atoms with Gasteiger partial charge in [-0.25, -0.2) is 8.42 Å². The van der Waals surface area contributed by atoms with Crippen molar-refractivity contribution >= 4 is 15.8 Å². The Hall–Kier alpha value is -2.39. The normalized spacial score (nSPS) is 17.9. The summed E-state index contributed by atoms with van der Waals surface area (Å²) in [7, 11) is 1.55. The van der Waals surface area contributed by atoms with Gasteiger partial charge in [0, 0.05) is 20.6 Å². The predicted molar refractivity (Wildman–Crippen MR) is 97.1 cm³/mol. The van der Waals surface area contributed by atoms with Gasteiger partial charge in [0.15, 0.2) is 5.82 Å². The molecule has 2 heterocycles. The molecular formula is C17H22N4O4S. The van der Waals surface area contributed by atoms with Crippen molar-refractivity contribution in [1.82, 2.24) is 14.3 Å². The predicted octanol–water partition coefficient (Wildman–Crippen LogP) is 1.39. The van der Waals surface area contributed by atoms with Crippen LogP contribution in [0.5, 0.6) is 11.6 Å². The zero-order chi connectivity index (χ0) is 18.7. The highest BCUT2D eigenvalue weighted by Gasteiger charge is 2.35. The summed E-state index contributed by atoms with van der Waals surface area (Å²) in [6.45, 7) is 0.639. The summed E-state index contributed by atoms with van der Waals surface area (Å²) in [5.41, 5.74) is 0. The summed E-state index contributed by atoms with van der Waals surface area (Å²) in [6.07, 6.45) is 3.48. The van der Waals surface area contributed by atoms with Gasteiger partial charge in [0.25, 0.3) is 0 Å². The molecule has 0 radical (unpaired) electrons. The van der Waals surface area contributed by atoms with Gasteiger partial charge in [-0.2, -0.15) is 9.29 Å². The van der Waals surface area contributed by atoms with Crippen LogP contribution in [0.2, 0.25) is 0 Å². The van der Waals surface area contributed by atoms with Crippen molar-refractivity contribution in [3.05, 3.63) is 36.7 Å². The number of anilines is 1. The van der Waals surface area contributed by atoms with Crippen LogP contribution in [0, 0.1) is 0 Å². The van der Waals surface area contributed by atoms with Crippen molar-refractivity contribution in [1.29, 1.82) is 0 Å². The fourth-order valence-electron chi connectivity index (χ4n) is 2.76. The topological polar surface area (TPSA) is 84.9 Å². The number of ether oxygens (including phenoxy) is 2. The minimum Gasteiger partial charge on any atom is -0.495 e. The van der Waals surface area contributed by atoms with Gasteiger partial charge in [0.1, 0.15) is 16.7 Å². The van der Waals surface area contributed by atoms with E-state index in [0.29, 0.717) is 30.4 Å². The van der Waals surface area contributed by atoms with E-state index in [9.17, 15) is 8.42 Å². The summed E-state index contributed by atoms with van der Waals surface area (Å²) in [6, 6.07) is 6.61. The van der Waals surface area contributed by atoms with E-state index in [4.69, 9.17) is 9.47 Å². The average molecular weight is 378 g/mol. The molecule has 0 saturated carbocycles. The number of rotatable bonds is 6. The average Bonchev–Trinajstić information content (AvgIpc) is 3.11. The highest BCUT2D eigenvalue weighted by Crippen LogP contribution is 2.29. The van der Waals surface area contributed by atoms with Crippen molar-refractivity contribution in [2.24, 2.45) is 0 Å². The third-order valence-corrected chi connectivity index (χ3v) is 6.04. The molecule has 1 atom stereocenters. The molecule has 1 unspecified atom stereocenters. The lowest BCUT2D eigenvalue weighted by atomic mass is 10.3. The fourth-order valence-corrected chi connectivity index (χ4v) is 4.41. The molecule has 1 aliphatic heterocycles. The maximum atomic E-state index is 12.9. The second kappa shape index (κ2) is 7.46. The second-order valence-corrected chi connectivity index (χ2v) is 8.06. The number of hydrogen-bond donors (Lipinski definition) is 0. The maximum Gasteiger partial charge on any atom is 0.246 e. The molecule has 1 saturated heterocycles. The van der Waals surface area contributed by atoms with E-state index in [-0.39, 0.29) is 17.5 Å². The number of sulfonamides is 1. The van der Waals surface area contributed by atoms with E-state index in [1.807, 2.05) is 19.0 Å². The minimum absolute atomic E-state index is 0.164. The van der Waals surface area contributed by atoms with Crippen LogP contribution in [0.4, 0.5) is 5.82 Å². The zero-order valence-electron chi connectivity index (χ0n) is 15.0. The van der Waals surface area contributed by atoms with E-state index in [0.717, 1.165) is 0 Å². The quantitative estimate of drug-likeness (QED) is 0.751. The second-order valence-electron chi connectivity index (χ2n) is 6.15. The van der Waals surface area contributed by atoms with Crippen LogP contribution < -0.4 is 14.4 Å². The number of aromatic nitrogens is 2. The molecule has 26 heavy (non-hydrogen) atoms. The summed E-state index contributed by atoms with van der Waals surface area (Å²) < 4.78 is 38.3. The number of para-hydroxylation sites is 1. The van der Waals surface area contributed by atoms with E-state index in [1.54, 1.807) is 30.5 Å². The lowest BCUT2D eigenvalue weighted by Crippen LogP contribution is -2.31. The molecule has 0 bridgehead atoms. The Bertz CT molecular complexity index is 873. The Balaban J connectivity index is 1.73. The molecule has 1 fully saturated rings. The van der Waals surface area contributed by atoms with Gasteiger partial charge in [-0.05, 0) is 18.6 Å². The first-order valence-corrected chi connectivity index (χ1v) is 9.65. The van der Waals surface area contributed by atoms with Crippen molar-refractivity contribution in [2.75, 3.05) is 39.2 Å². The summed E-state index contributed by atoms with van der Waals surface area (Å²) >= 11 is 0. The third-order valence-electron chi connectivity index (χ3n) is 4.14. The molecule has 9 heteroatoms. The molecule has 0 spiro atoms. The molecular weight excluding hydrogens is 356 g/mol. The van der Waals surface area contributed by atoms with Crippen LogP contribution in [0.1, 0.15) is 6.42 Å². The number of benzene rings is 1. The largest absolute Gasteiger partial charge is 0.495 e. The molecule has 1 aromatic heterocycles. The molecule has 8 nitrogen and oxygen atoms in total. The Morgan fingerprint density at radius 3 is 2.73 bits per heavy atom. The Morgan fingerprint density at radius 1 is 1.23 bits per heavy atom. The third kappa shape index (κ3) is 3.73. The van der Waals surface area contributed by atoms with Gasteiger partial charge >= 0.3 is 0 Å². The number of nitrogens with zero attached hydrogens (tertiary/aromatic N) is 4. The molecule has 0 aliphatic carbocycles. The van der Waals surface area contributed by atoms with Crippen LogP contribution in [0.15, 0.2) is 41.6 Å². The summed E-state index contributed by atoms with van der Waals surface area (Å²) in [5.74, 6) is 1.40. The number of methoxy groups -OCH3 is 1. The highest BCUT2D eigenvalue weighted by molar-refractivity contribution is 7.89. The van der Waals surface area contributed by atoms with Crippen LogP contribution in [0.3, 0.4) is 0 Å². The summed E-state index contributed by atoms with van der Waals surface area (Å²) in [4.78, 5) is 10.5. The molecule has 3 rings (SSSR count). The van der Waals surface area contributed by atoms with E-state index < -0.39 is 10.0 Å². The van der Waals surface area contributed by atoms with Gasteiger partial charge in [-0.15, -0.1) is 0 Å². The van der Waals surface area contributed by atoms with Crippen LogP contribution in [0.25, 0.3) is 0 Å². The minimum atomic E-state index is -3.64. The summed E-state index contributed by atoms with van der Waals surface area (Å²) in [5, 5.41) is 0. The smallest absolute Gasteiger partial charge is 0.246 e. The van der Waals surface area contributed by atoms with E-state index in [1.165, 1.54) is 17.6 Å². The first-order valence-electron chi connectivity index (χ1n) is 8.21. The lowest BCUT2D eigenvalue weighted by molar-refractivity contribution is 0.206. The van der Waals surface area contributed by atoms with Crippen molar-refractivity contribution in [3.63, 3.8) is 0 Å². The standard InChI is InChI=1S/C17H22N4O4S/c1-20(2)16-10-18-11-17(19-16)25-13-8-9-21(12-13)26(22,23)15-7-5-4-6-14(15)24-3/h4-7,10-11,13H,8-9,12H2,1-3H3. The molecule has 140 valence electrons. The Labute approximate surface area is 153 Å². The monoisotopic (exact) mass is 378 g/mol. The van der Waals surface area contributed by atoms with Crippen LogP contribution in [-0.4, -0.2) is 63.1 Å². The zero-order valence-corrected chi connectivity index (χ0v) is 15.8. The SMILES string of the molecule is COc1ccccc1S(=O)(=O)N1CCC(Oc2cncc(N(C)C)n2)C1. The van der Waals surface area contributed by atoms with E-state index in [2.05, 4.69) is 9.97 Å². The highest BCUT2D eigenvalue weighted by atomic mass is 32.2. The number of hydrogen-bond acceptors (Lipinski definition) is 7. The lowest BCUT2D eigenvalue weighted by Gasteiger charge is -2.19.